The van der Waals surface area contributed by atoms with Crippen LogP contribution in [0.25, 0.3) is 11.1 Å². The van der Waals surface area contributed by atoms with Crippen LogP contribution >= 0.6 is 11.3 Å². The summed E-state index contributed by atoms with van der Waals surface area (Å²) in [5, 5.41) is 7.23. The zero-order valence-corrected chi connectivity index (χ0v) is 16.7. The second-order valence-corrected chi connectivity index (χ2v) is 7.56. The summed E-state index contributed by atoms with van der Waals surface area (Å²) in [6, 6.07) is 14.0. The first-order valence-electron chi connectivity index (χ1n) is 9.03. The van der Waals surface area contributed by atoms with Gasteiger partial charge in [-0.25, -0.2) is 4.39 Å². The predicted molar refractivity (Wildman–Crippen MR) is 109 cm³/mol. The fraction of sp³-hybridized carbons (Fsp3) is 0.273. The van der Waals surface area contributed by atoms with Gasteiger partial charge in [0.1, 0.15) is 23.9 Å². The Hall–Kier alpha value is -2.44. The highest BCUT2D eigenvalue weighted by Gasteiger charge is 2.17. The third-order valence-electron chi connectivity index (χ3n) is 3.93. The molecule has 0 amide bonds. The van der Waals surface area contributed by atoms with Gasteiger partial charge in [-0.3, -0.25) is 0 Å². The molecule has 0 spiro atoms. The van der Waals surface area contributed by atoms with Gasteiger partial charge in [0.15, 0.2) is 0 Å². The minimum absolute atomic E-state index is 0.230. The van der Waals surface area contributed by atoms with Crippen LogP contribution in [0.3, 0.4) is 0 Å². The number of alkyl halides is 1. The van der Waals surface area contributed by atoms with Crippen molar-refractivity contribution < 1.29 is 18.3 Å². The minimum Gasteiger partial charge on any atom is -0.492 e. The van der Waals surface area contributed by atoms with Crippen molar-refractivity contribution in [2.75, 3.05) is 13.2 Å². The molecule has 0 fully saturated rings. The molecule has 1 aromatic heterocycles. The number of hydrogen-bond donors (Lipinski definition) is 1. The Labute approximate surface area is 167 Å². The fourth-order valence-corrected chi connectivity index (χ4v) is 3.36. The van der Waals surface area contributed by atoms with E-state index < -0.39 is 5.85 Å². The number of thiophene rings is 1. The van der Waals surface area contributed by atoms with Gasteiger partial charge in [-0.05, 0) is 52.2 Å². The number of benzene rings is 2. The van der Waals surface area contributed by atoms with E-state index in [1.165, 1.54) is 19.9 Å². The van der Waals surface area contributed by atoms with Crippen LogP contribution in [-0.4, -0.2) is 19.0 Å². The summed E-state index contributed by atoms with van der Waals surface area (Å²) in [5.74, 6) is -0.979. The first kappa shape index (κ1) is 20.3. The molecule has 2 aromatic carbocycles. The Morgan fingerprint density at radius 1 is 1.04 bits per heavy atom. The van der Waals surface area contributed by atoms with Gasteiger partial charge in [-0.15, -0.1) is 0 Å². The Morgan fingerprint density at radius 2 is 1.86 bits per heavy atom. The number of nitrogens with one attached hydrogen (secondary N) is 1. The van der Waals surface area contributed by atoms with Crippen LogP contribution in [0.1, 0.15) is 19.4 Å². The average Bonchev–Trinajstić information content (AvgIpc) is 3.16. The fourth-order valence-electron chi connectivity index (χ4n) is 2.69. The number of hydrogen-bond acceptors (Lipinski definition) is 4. The van der Waals surface area contributed by atoms with Crippen molar-refractivity contribution >= 4 is 11.3 Å². The molecule has 148 valence electrons. The van der Waals surface area contributed by atoms with Crippen molar-refractivity contribution in [2.45, 2.75) is 26.2 Å². The van der Waals surface area contributed by atoms with E-state index in [0.717, 1.165) is 11.1 Å². The molecule has 0 saturated heterocycles. The Bertz CT molecular complexity index is 892. The van der Waals surface area contributed by atoms with Gasteiger partial charge >= 0.3 is 0 Å². The van der Waals surface area contributed by atoms with E-state index in [-0.39, 0.29) is 5.82 Å². The highest BCUT2D eigenvalue weighted by molar-refractivity contribution is 7.08. The largest absolute Gasteiger partial charge is 0.492 e. The smallest absolute Gasteiger partial charge is 0.242 e. The Balaban J connectivity index is 1.48. The summed E-state index contributed by atoms with van der Waals surface area (Å²) < 4.78 is 38.5. The van der Waals surface area contributed by atoms with Crippen LogP contribution in [0.15, 0.2) is 59.3 Å². The van der Waals surface area contributed by atoms with Gasteiger partial charge in [0, 0.05) is 38.6 Å². The van der Waals surface area contributed by atoms with E-state index in [1.54, 1.807) is 41.7 Å². The zero-order valence-electron chi connectivity index (χ0n) is 15.9. The lowest BCUT2D eigenvalue weighted by Crippen LogP contribution is -2.22. The number of ether oxygens (including phenoxy) is 2. The molecular weight excluding hydrogens is 380 g/mol. The van der Waals surface area contributed by atoms with Crippen LogP contribution in [0.2, 0.25) is 0 Å². The van der Waals surface area contributed by atoms with Crippen molar-refractivity contribution in [3.8, 4) is 22.6 Å². The lowest BCUT2D eigenvalue weighted by molar-refractivity contribution is -0.0258. The molecular formula is C22H23F2NO2S. The van der Waals surface area contributed by atoms with Gasteiger partial charge in [0.05, 0.1) is 0 Å². The predicted octanol–water partition coefficient (Wildman–Crippen LogP) is 5.81. The SMILES string of the molecule is CC(C)(F)Oc1cccc(OCCNCc2cc(-c3ccsc3)ccc2F)c1. The molecule has 0 aliphatic heterocycles. The quantitative estimate of drug-likeness (QED) is 0.458. The van der Waals surface area contributed by atoms with Crippen LogP contribution in [0.5, 0.6) is 11.5 Å². The summed E-state index contributed by atoms with van der Waals surface area (Å²) >= 11 is 1.62. The second-order valence-electron chi connectivity index (χ2n) is 6.78. The molecule has 3 aromatic rings. The summed E-state index contributed by atoms with van der Waals surface area (Å²) in [4.78, 5) is 0. The van der Waals surface area contributed by atoms with E-state index >= 15 is 0 Å². The second kappa shape index (κ2) is 9.17. The standard InChI is InChI=1S/C22H23F2NO2S/c1-22(2,24)27-20-5-3-4-19(13-20)26-10-9-25-14-18-12-16(6-7-21(18)23)17-8-11-28-15-17/h3-8,11-13,15,25H,9-10,14H2,1-2H3. The molecule has 0 unspecified atom stereocenters. The number of halogens is 2. The van der Waals surface area contributed by atoms with Crippen LogP contribution in [0, 0.1) is 5.82 Å². The van der Waals surface area contributed by atoms with E-state index in [4.69, 9.17) is 9.47 Å². The summed E-state index contributed by atoms with van der Waals surface area (Å²) in [7, 11) is 0. The van der Waals surface area contributed by atoms with E-state index in [0.29, 0.717) is 36.8 Å². The normalized spacial score (nSPS) is 11.4. The third kappa shape index (κ3) is 6.04. The maximum Gasteiger partial charge on any atom is 0.242 e. The molecule has 6 heteroatoms. The van der Waals surface area contributed by atoms with Gasteiger partial charge in [-0.2, -0.15) is 15.7 Å². The monoisotopic (exact) mass is 403 g/mol. The molecule has 1 heterocycles. The third-order valence-corrected chi connectivity index (χ3v) is 4.61. The molecule has 0 atom stereocenters. The van der Waals surface area contributed by atoms with Crippen molar-refractivity contribution in [2.24, 2.45) is 0 Å². The lowest BCUT2D eigenvalue weighted by Gasteiger charge is -2.17. The van der Waals surface area contributed by atoms with E-state index in [2.05, 4.69) is 5.32 Å². The Morgan fingerprint density at radius 3 is 2.61 bits per heavy atom. The average molecular weight is 403 g/mol. The van der Waals surface area contributed by atoms with Crippen molar-refractivity contribution in [3.63, 3.8) is 0 Å². The lowest BCUT2D eigenvalue weighted by atomic mass is 10.1. The van der Waals surface area contributed by atoms with Gasteiger partial charge in [0.25, 0.3) is 0 Å². The van der Waals surface area contributed by atoms with Crippen LogP contribution in [0.4, 0.5) is 8.78 Å². The highest BCUT2D eigenvalue weighted by atomic mass is 32.1. The molecule has 0 aliphatic rings. The first-order chi connectivity index (χ1) is 13.4. The van der Waals surface area contributed by atoms with Crippen molar-refractivity contribution in [1.29, 1.82) is 0 Å². The summed E-state index contributed by atoms with van der Waals surface area (Å²) in [6.07, 6.45) is 0. The summed E-state index contributed by atoms with van der Waals surface area (Å²) in [6.45, 7) is 4.04. The molecule has 3 rings (SSSR count). The van der Waals surface area contributed by atoms with Gasteiger partial charge in [-0.1, -0.05) is 12.1 Å². The topological polar surface area (TPSA) is 30.5 Å². The number of rotatable bonds is 9. The van der Waals surface area contributed by atoms with Crippen molar-refractivity contribution in [1.82, 2.24) is 5.32 Å². The molecule has 0 aliphatic carbocycles. The molecule has 0 radical (unpaired) electrons. The molecule has 0 saturated carbocycles. The highest BCUT2D eigenvalue weighted by Crippen LogP contribution is 2.25. The van der Waals surface area contributed by atoms with Gasteiger partial charge in [0.2, 0.25) is 5.85 Å². The molecule has 28 heavy (non-hydrogen) atoms. The Kier molecular flexibility index (Phi) is 6.65. The van der Waals surface area contributed by atoms with E-state index in [1.807, 2.05) is 22.9 Å². The van der Waals surface area contributed by atoms with E-state index in [9.17, 15) is 8.78 Å². The van der Waals surface area contributed by atoms with Crippen molar-refractivity contribution in [3.05, 3.63) is 70.7 Å². The minimum atomic E-state index is -1.75. The van der Waals surface area contributed by atoms with Gasteiger partial charge < -0.3 is 14.8 Å². The van der Waals surface area contributed by atoms with Crippen LogP contribution < -0.4 is 14.8 Å². The maximum absolute atomic E-state index is 14.1. The van der Waals surface area contributed by atoms with Crippen LogP contribution in [-0.2, 0) is 6.54 Å². The maximum atomic E-state index is 14.1. The molecule has 0 bridgehead atoms. The molecule has 1 N–H and O–H groups in total. The first-order valence-corrected chi connectivity index (χ1v) is 9.97. The summed E-state index contributed by atoms with van der Waals surface area (Å²) in [5.41, 5.74) is 2.71. The zero-order chi connectivity index (χ0) is 20.0. The molecule has 3 nitrogen and oxygen atoms in total.